The number of anilines is 1. The fourth-order valence-electron chi connectivity index (χ4n) is 2.16. The first-order valence-electron chi connectivity index (χ1n) is 7.40. The lowest BCUT2D eigenvalue weighted by molar-refractivity contribution is 0.0523. The summed E-state index contributed by atoms with van der Waals surface area (Å²) in [4.78, 5) is 19.9. The van der Waals surface area contributed by atoms with E-state index in [1.54, 1.807) is 6.20 Å². The van der Waals surface area contributed by atoms with Crippen LogP contribution in [-0.4, -0.2) is 21.7 Å². The van der Waals surface area contributed by atoms with Crippen LogP contribution in [0.5, 0.6) is 0 Å². The summed E-state index contributed by atoms with van der Waals surface area (Å²) >= 11 is 0. The zero-order chi connectivity index (χ0) is 17.0. The molecule has 1 aromatic carbocycles. The Morgan fingerprint density at radius 2 is 2.04 bits per heavy atom. The lowest BCUT2D eigenvalue weighted by atomic mass is 10.00. The fraction of sp³-hybridized carbons (Fsp3) is 0.353. The van der Waals surface area contributed by atoms with Crippen LogP contribution in [0.4, 0.5) is 10.7 Å². The Kier molecular flexibility index (Phi) is 4.83. The normalized spacial score (nSPS) is 11.1. The molecule has 0 aliphatic carbocycles. The SMILES string of the molecule is Cc1c(CNC(=O)OC(C)(C)C)cccc1-c1ccnc(N)n1. The molecule has 0 unspecified atom stereocenters. The van der Waals surface area contributed by atoms with Crippen molar-refractivity contribution in [3.63, 3.8) is 0 Å². The van der Waals surface area contributed by atoms with Crippen LogP contribution in [0.2, 0.25) is 0 Å². The fourth-order valence-corrected chi connectivity index (χ4v) is 2.16. The van der Waals surface area contributed by atoms with Gasteiger partial charge in [-0.1, -0.05) is 18.2 Å². The van der Waals surface area contributed by atoms with E-state index in [0.29, 0.717) is 6.54 Å². The van der Waals surface area contributed by atoms with E-state index in [1.807, 2.05) is 52.0 Å². The molecular weight excluding hydrogens is 292 g/mol. The predicted octanol–water partition coefficient (Wildman–Crippen LogP) is 3.06. The Morgan fingerprint density at radius 1 is 1.30 bits per heavy atom. The molecule has 0 radical (unpaired) electrons. The maximum atomic E-state index is 11.8. The van der Waals surface area contributed by atoms with Crippen LogP contribution in [0, 0.1) is 6.92 Å². The van der Waals surface area contributed by atoms with Gasteiger partial charge in [0.15, 0.2) is 0 Å². The lowest BCUT2D eigenvalue weighted by Gasteiger charge is -2.20. The molecule has 0 fully saturated rings. The summed E-state index contributed by atoms with van der Waals surface area (Å²) in [6.45, 7) is 7.86. The average molecular weight is 314 g/mol. The molecule has 2 aromatic rings. The number of hydrogen-bond acceptors (Lipinski definition) is 5. The van der Waals surface area contributed by atoms with E-state index in [9.17, 15) is 4.79 Å². The van der Waals surface area contributed by atoms with Gasteiger partial charge in [-0.3, -0.25) is 0 Å². The Balaban J connectivity index is 2.16. The smallest absolute Gasteiger partial charge is 0.407 e. The van der Waals surface area contributed by atoms with E-state index in [2.05, 4.69) is 15.3 Å². The summed E-state index contributed by atoms with van der Waals surface area (Å²) in [5, 5.41) is 2.77. The number of alkyl carbamates (subject to hydrolysis) is 1. The average Bonchev–Trinajstić information content (AvgIpc) is 2.44. The van der Waals surface area contributed by atoms with Crippen molar-refractivity contribution in [2.45, 2.75) is 39.8 Å². The topological polar surface area (TPSA) is 90.1 Å². The second kappa shape index (κ2) is 6.64. The van der Waals surface area contributed by atoms with Crippen LogP contribution in [0.25, 0.3) is 11.3 Å². The summed E-state index contributed by atoms with van der Waals surface area (Å²) in [6.07, 6.45) is 1.19. The number of ether oxygens (including phenoxy) is 1. The van der Waals surface area contributed by atoms with E-state index >= 15 is 0 Å². The van der Waals surface area contributed by atoms with Crippen molar-refractivity contribution in [2.24, 2.45) is 0 Å². The molecule has 0 saturated carbocycles. The minimum atomic E-state index is -0.514. The van der Waals surface area contributed by atoms with Crippen molar-refractivity contribution in [3.05, 3.63) is 41.6 Å². The van der Waals surface area contributed by atoms with Crippen molar-refractivity contribution >= 4 is 12.0 Å². The molecule has 0 aliphatic rings. The predicted molar refractivity (Wildman–Crippen MR) is 89.7 cm³/mol. The minimum Gasteiger partial charge on any atom is -0.444 e. The first-order chi connectivity index (χ1) is 10.8. The van der Waals surface area contributed by atoms with Gasteiger partial charge >= 0.3 is 6.09 Å². The van der Waals surface area contributed by atoms with Gasteiger partial charge in [-0.25, -0.2) is 14.8 Å². The molecule has 0 aliphatic heterocycles. The highest BCUT2D eigenvalue weighted by atomic mass is 16.6. The lowest BCUT2D eigenvalue weighted by Crippen LogP contribution is -2.32. The molecule has 122 valence electrons. The van der Waals surface area contributed by atoms with Gasteiger partial charge in [-0.05, 0) is 44.9 Å². The number of carbonyl (C=O) groups excluding carboxylic acids is 1. The number of amides is 1. The Morgan fingerprint density at radius 3 is 2.70 bits per heavy atom. The second-order valence-corrected chi connectivity index (χ2v) is 6.25. The highest BCUT2D eigenvalue weighted by molar-refractivity contribution is 5.69. The third kappa shape index (κ3) is 4.67. The number of nitrogens with one attached hydrogen (secondary N) is 1. The summed E-state index contributed by atoms with van der Waals surface area (Å²) in [6, 6.07) is 7.66. The zero-order valence-corrected chi connectivity index (χ0v) is 13.9. The molecule has 23 heavy (non-hydrogen) atoms. The molecule has 0 spiro atoms. The molecular formula is C17H22N4O2. The number of nitrogens with two attached hydrogens (primary N) is 1. The summed E-state index contributed by atoms with van der Waals surface area (Å²) < 4.78 is 5.24. The maximum Gasteiger partial charge on any atom is 0.407 e. The molecule has 6 heteroatoms. The first-order valence-corrected chi connectivity index (χ1v) is 7.40. The highest BCUT2D eigenvalue weighted by Gasteiger charge is 2.16. The zero-order valence-electron chi connectivity index (χ0n) is 13.9. The number of nitrogen functional groups attached to an aromatic ring is 1. The number of carbonyl (C=O) groups is 1. The van der Waals surface area contributed by atoms with Crippen molar-refractivity contribution < 1.29 is 9.53 Å². The molecule has 1 heterocycles. The molecule has 1 amide bonds. The molecule has 1 aromatic heterocycles. The summed E-state index contributed by atoms with van der Waals surface area (Å²) in [5.74, 6) is 0.235. The van der Waals surface area contributed by atoms with E-state index in [1.165, 1.54) is 0 Å². The largest absolute Gasteiger partial charge is 0.444 e. The van der Waals surface area contributed by atoms with Crippen molar-refractivity contribution in [3.8, 4) is 11.3 Å². The molecule has 0 atom stereocenters. The Hall–Kier alpha value is -2.63. The number of rotatable bonds is 3. The number of nitrogens with zero attached hydrogens (tertiary/aromatic N) is 2. The Labute approximate surface area is 136 Å². The highest BCUT2D eigenvalue weighted by Crippen LogP contribution is 2.24. The minimum absolute atomic E-state index is 0.235. The van der Waals surface area contributed by atoms with Crippen molar-refractivity contribution in [1.29, 1.82) is 0 Å². The first kappa shape index (κ1) is 16.7. The van der Waals surface area contributed by atoms with Gasteiger partial charge in [-0.15, -0.1) is 0 Å². The van der Waals surface area contributed by atoms with Gasteiger partial charge in [0.05, 0.1) is 5.69 Å². The van der Waals surface area contributed by atoms with Gasteiger partial charge in [0.2, 0.25) is 5.95 Å². The van der Waals surface area contributed by atoms with Crippen LogP contribution in [-0.2, 0) is 11.3 Å². The number of benzene rings is 1. The van der Waals surface area contributed by atoms with Crippen molar-refractivity contribution in [2.75, 3.05) is 5.73 Å². The van der Waals surface area contributed by atoms with E-state index in [4.69, 9.17) is 10.5 Å². The van der Waals surface area contributed by atoms with Gasteiger partial charge in [0.25, 0.3) is 0 Å². The van der Waals surface area contributed by atoms with Crippen LogP contribution >= 0.6 is 0 Å². The van der Waals surface area contributed by atoms with E-state index in [-0.39, 0.29) is 5.95 Å². The Bertz CT molecular complexity index is 708. The van der Waals surface area contributed by atoms with Gasteiger partial charge < -0.3 is 15.8 Å². The van der Waals surface area contributed by atoms with Gasteiger partial charge in [0, 0.05) is 18.3 Å². The standard InChI is InChI=1S/C17H22N4O2/c1-11-12(10-20-16(22)23-17(2,3)4)6-5-7-13(11)14-8-9-19-15(18)21-14/h5-9H,10H2,1-4H3,(H,20,22)(H2,18,19,21). The maximum absolute atomic E-state index is 11.8. The van der Waals surface area contributed by atoms with Gasteiger partial charge in [-0.2, -0.15) is 0 Å². The van der Waals surface area contributed by atoms with Crippen LogP contribution in [0.15, 0.2) is 30.5 Å². The summed E-state index contributed by atoms with van der Waals surface area (Å²) in [5.41, 5.74) is 8.87. The molecule has 0 bridgehead atoms. The number of hydrogen-bond donors (Lipinski definition) is 2. The number of aromatic nitrogens is 2. The van der Waals surface area contributed by atoms with Crippen LogP contribution in [0.3, 0.4) is 0 Å². The third-order valence-electron chi connectivity index (χ3n) is 3.22. The van der Waals surface area contributed by atoms with Crippen LogP contribution < -0.4 is 11.1 Å². The van der Waals surface area contributed by atoms with Crippen molar-refractivity contribution in [1.82, 2.24) is 15.3 Å². The van der Waals surface area contributed by atoms with Crippen LogP contribution in [0.1, 0.15) is 31.9 Å². The third-order valence-corrected chi connectivity index (χ3v) is 3.22. The van der Waals surface area contributed by atoms with Gasteiger partial charge in [0.1, 0.15) is 5.60 Å². The second-order valence-electron chi connectivity index (χ2n) is 6.25. The summed E-state index contributed by atoms with van der Waals surface area (Å²) in [7, 11) is 0. The molecule has 0 saturated heterocycles. The van der Waals surface area contributed by atoms with E-state index in [0.717, 1.165) is 22.4 Å². The monoisotopic (exact) mass is 314 g/mol. The van der Waals surface area contributed by atoms with E-state index < -0.39 is 11.7 Å². The molecule has 3 N–H and O–H groups in total. The quantitative estimate of drug-likeness (QED) is 0.908. The molecule has 2 rings (SSSR count). The molecule has 6 nitrogen and oxygen atoms in total.